The highest BCUT2D eigenvalue weighted by molar-refractivity contribution is 7.99. The van der Waals surface area contributed by atoms with Gasteiger partial charge < -0.3 is 10.4 Å². The Balaban J connectivity index is 2.43. The Kier molecular flexibility index (Phi) is 7.90. The van der Waals surface area contributed by atoms with E-state index in [1.54, 1.807) is 0 Å². The van der Waals surface area contributed by atoms with Crippen LogP contribution >= 0.6 is 11.8 Å². The first-order valence-corrected chi connectivity index (χ1v) is 8.28. The number of nitrogens with one attached hydrogen (secondary N) is 1. The van der Waals surface area contributed by atoms with Crippen molar-refractivity contribution >= 4 is 23.6 Å². The molecule has 2 atom stereocenters. The average molecular weight is 309 g/mol. The SMILES string of the molecule is CCCC[C@H](NC(=O)C(C)SCc1ccccc1)C(=O)O. The fourth-order valence-electron chi connectivity index (χ4n) is 1.83. The lowest BCUT2D eigenvalue weighted by Crippen LogP contribution is -2.44. The zero-order valence-corrected chi connectivity index (χ0v) is 13.4. The average Bonchev–Trinajstić information content (AvgIpc) is 2.49. The maximum atomic E-state index is 12.0. The van der Waals surface area contributed by atoms with Gasteiger partial charge in [-0.05, 0) is 18.9 Å². The molecule has 1 aromatic rings. The van der Waals surface area contributed by atoms with E-state index in [1.165, 1.54) is 11.8 Å². The van der Waals surface area contributed by atoms with Gasteiger partial charge >= 0.3 is 5.97 Å². The summed E-state index contributed by atoms with van der Waals surface area (Å²) < 4.78 is 0. The number of hydrogen-bond acceptors (Lipinski definition) is 3. The van der Waals surface area contributed by atoms with Crippen LogP contribution < -0.4 is 5.32 Å². The third-order valence-corrected chi connectivity index (χ3v) is 4.39. The fraction of sp³-hybridized carbons (Fsp3) is 0.500. The normalized spacial score (nSPS) is 13.4. The Morgan fingerprint density at radius 1 is 1.29 bits per heavy atom. The molecular formula is C16H23NO3S. The van der Waals surface area contributed by atoms with Gasteiger partial charge in [0.2, 0.25) is 5.91 Å². The van der Waals surface area contributed by atoms with Gasteiger partial charge in [0.25, 0.3) is 0 Å². The first kappa shape index (κ1) is 17.6. The van der Waals surface area contributed by atoms with E-state index in [0.717, 1.165) is 24.2 Å². The molecule has 116 valence electrons. The summed E-state index contributed by atoms with van der Waals surface area (Å²) in [6, 6.07) is 9.13. The van der Waals surface area contributed by atoms with Crippen LogP contribution in [0.25, 0.3) is 0 Å². The van der Waals surface area contributed by atoms with Crippen molar-refractivity contribution in [2.24, 2.45) is 0 Å². The lowest BCUT2D eigenvalue weighted by atomic mass is 10.1. The standard InChI is InChI=1S/C16H23NO3S/c1-3-4-10-14(16(19)20)17-15(18)12(2)21-11-13-8-6-5-7-9-13/h5-9,12,14H,3-4,10-11H2,1-2H3,(H,17,18)(H,19,20)/t12?,14-/m0/s1. The molecule has 1 rings (SSSR count). The second kappa shape index (κ2) is 9.45. The summed E-state index contributed by atoms with van der Waals surface area (Å²) in [6.07, 6.45) is 2.19. The topological polar surface area (TPSA) is 66.4 Å². The van der Waals surface area contributed by atoms with Gasteiger partial charge in [0.1, 0.15) is 6.04 Å². The molecule has 0 aliphatic carbocycles. The van der Waals surface area contributed by atoms with E-state index in [2.05, 4.69) is 5.32 Å². The van der Waals surface area contributed by atoms with Gasteiger partial charge in [-0.2, -0.15) is 0 Å². The maximum absolute atomic E-state index is 12.0. The molecule has 0 saturated carbocycles. The largest absolute Gasteiger partial charge is 0.480 e. The van der Waals surface area contributed by atoms with E-state index in [4.69, 9.17) is 5.11 Å². The molecule has 1 amide bonds. The zero-order valence-electron chi connectivity index (χ0n) is 12.5. The first-order chi connectivity index (χ1) is 10.0. The molecule has 4 nitrogen and oxygen atoms in total. The van der Waals surface area contributed by atoms with Gasteiger partial charge in [0.05, 0.1) is 5.25 Å². The van der Waals surface area contributed by atoms with Crippen molar-refractivity contribution in [3.05, 3.63) is 35.9 Å². The lowest BCUT2D eigenvalue weighted by molar-refractivity contribution is -0.141. The number of aliphatic carboxylic acids is 1. The monoisotopic (exact) mass is 309 g/mol. The molecule has 21 heavy (non-hydrogen) atoms. The highest BCUT2D eigenvalue weighted by Crippen LogP contribution is 2.18. The highest BCUT2D eigenvalue weighted by Gasteiger charge is 2.22. The number of benzene rings is 1. The van der Waals surface area contributed by atoms with Gasteiger partial charge in [0, 0.05) is 5.75 Å². The van der Waals surface area contributed by atoms with Crippen molar-refractivity contribution in [1.29, 1.82) is 0 Å². The molecule has 0 spiro atoms. The molecule has 0 aromatic heterocycles. The van der Waals surface area contributed by atoms with Crippen molar-refractivity contribution in [2.75, 3.05) is 0 Å². The molecule has 0 aliphatic rings. The molecular weight excluding hydrogens is 286 g/mol. The van der Waals surface area contributed by atoms with Crippen LogP contribution in [0.2, 0.25) is 0 Å². The highest BCUT2D eigenvalue weighted by atomic mass is 32.2. The van der Waals surface area contributed by atoms with Crippen molar-refractivity contribution < 1.29 is 14.7 Å². The Labute approximate surface area is 130 Å². The van der Waals surface area contributed by atoms with Gasteiger partial charge in [0.15, 0.2) is 0 Å². The van der Waals surface area contributed by atoms with E-state index >= 15 is 0 Å². The summed E-state index contributed by atoms with van der Waals surface area (Å²) in [4.78, 5) is 23.2. The molecule has 0 bridgehead atoms. The van der Waals surface area contributed by atoms with Crippen molar-refractivity contribution in [3.63, 3.8) is 0 Å². The van der Waals surface area contributed by atoms with Gasteiger partial charge in [-0.15, -0.1) is 11.8 Å². The third kappa shape index (κ3) is 6.67. The number of rotatable bonds is 9. The van der Waals surface area contributed by atoms with E-state index < -0.39 is 12.0 Å². The van der Waals surface area contributed by atoms with Gasteiger partial charge in [-0.25, -0.2) is 4.79 Å². The third-order valence-electron chi connectivity index (χ3n) is 3.17. The van der Waals surface area contributed by atoms with Crippen molar-refractivity contribution in [3.8, 4) is 0 Å². The second-order valence-corrected chi connectivity index (χ2v) is 6.31. The molecule has 0 heterocycles. The van der Waals surface area contributed by atoms with Crippen LogP contribution in [0, 0.1) is 0 Å². The lowest BCUT2D eigenvalue weighted by Gasteiger charge is -2.17. The quantitative estimate of drug-likeness (QED) is 0.736. The minimum Gasteiger partial charge on any atom is -0.480 e. The maximum Gasteiger partial charge on any atom is 0.326 e. The molecule has 0 radical (unpaired) electrons. The summed E-state index contributed by atoms with van der Waals surface area (Å²) in [7, 11) is 0. The minimum atomic E-state index is -0.961. The number of unbranched alkanes of at least 4 members (excludes halogenated alkanes) is 1. The van der Waals surface area contributed by atoms with E-state index in [-0.39, 0.29) is 11.2 Å². The van der Waals surface area contributed by atoms with Crippen molar-refractivity contribution in [1.82, 2.24) is 5.32 Å². The summed E-state index contributed by atoms with van der Waals surface area (Å²) in [6.45, 7) is 3.81. The Hall–Kier alpha value is -1.49. The minimum absolute atomic E-state index is 0.209. The molecule has 1 aromatic carbocycles. The van der Waals surface area contributed by atoms with Crippen LogP contribution in [-0.4, -0.2) is 28.3 Å². The van der Waals surface area contributed by atoms with Crippen LogP contribution in [0.5, 0.6) is 0 Å². The number of carboxylic acids is 1. The number of amides is 1. The van der Waals surface area contributed by atoms with Gasteiger partial charge in [-0.1, -0.05) is 50.1 Å². The fourth-order valence-corrected chi connectivity index (χ4v) is 2.68. The van der Waals surface area contributed by atoms with Crippen LogP contribution in [0.1, 0.15) is 38.7 Å². The molecule has 5 heteroatoms. The summed E-state index contributed by atoms with van der Waals surface area (Å²) in [5.41, 5.74) is 1.16. The molecule has 0 fully saturated rings. The molecule has 0 saturated heterocycles. The van der Waals surface area contributed by atoms with Crippen LogP contribution in [0.15, 0.2) is 30.3 Å². The summed E-state index contributed by atoms with van der Waals surface area (Å²) in [5, 5.41) is 11.5. The van der Waals surface area contributed by atoms with E-state index in [0.29, 0.717) is 6.42 Å². The van der Waals surface area contributed by atoms with Crippen LogP contribution in [0.4, 0.5) is 0 Å². The predicted octanol–water partition coefficient (Wildman–Crippen LogP) is 3.07. The van der Waals surface area contributed by atoms with E-state index in [9.17, 15) is 9.59 Å². The second-order valence-electron chi connectivity index (χ2n) is 4.98. The number of carbonyl (C=O) groups excluding carboxylic acids is 1. The van der Waals surface area contributed by atoms with Crippen LogP contribution in [-0.2, 0) is 15.3 Å². The Morgan fingerprint density at radius 3 is 2.52 bits per heavy atom. The van der Waals surface area contributed by atoms with Gasteiger partial charge in [-0.3, -0.25) is 4.79 Å². The number of hydrogen-bond donors (Lipinski definition) is 2. The summed E-state index contributed by atoms with van der Waals surface area (Å²) >= 11 is 1.51. The first-order valence-electron chi connectivity index (χ1n) is 7.23. The number of thioether (sulfide) groups is 1. The number of carbonyl (C=O) groups is 2. The van der Waals surface area contributed by atoms with E-state index in [1.807, 2.05) is 44.2 Å². The zero-order chi connectivity index (χ0) is 15.7. The number of carboxylic acid groups (broad SMARTS) is 1. The molecule has 2 N–H and O–H groups in total. The molecule has 0 aliphatic heterocycles. The Morgan fingerprint density at radius 2 is 1.95 bits per heavy atom. The van der Waals surface area contributed by atoms with Crippen molar-refractivity contribution in [2.45, 2.75) is 50.2 Å². The molecule has 1 unspecified atom stereocenters. The summed E-state index contributed by atoms with van der Waals surface area (Å²) in [5.74, 6) is -0.432. The van der Waals surface area contributed by atoms with Crippen LogP contribution in [0.3, 0.4) is 0 Å². The predicted molar refractivity (Wildman–Crippen MR) is 86.3 cm³/mol. The smallest absolute Gasteiger partial charge is 0.326 e. The Bertz CT molecular complexity index is 450.